The van der Waals surface area contributed by atoms with E-state index in [1.165, 1.54) is 17.0 Å². The molecule has 1 aromatic rings. The van der Waals surface area contributed by atoms with E-state index in [9.17, 15) is 14.0 Å². The molecule has 1 saturated heterocycles. The third kappa shape index (κ3) is 1.89. The Balaban J connectivity index is 1.99. The highest BCUT2D eigenvalue weighted by Crippen LogP contribution is 2.42. The third-order valence-electron chi connectivity index (χ3n) is 3.93. The fourth-order valence-corrected chi connectivity index (χ4v) is 2.68. The van der Waals surface area contributed by atoms with E-state index in [1.54, 1.807) is 19.1 Å². The van der Waals surface area contributed by atoms with Crippen LogP contribution in [0.2, 0.25) is 0 Å². The minimum absolute atomic E-state index is 0.123. The number of nitrogens with one attached hydrogen (secondary N) is 1. The Morgan fingerprint density at radius 3 is 2.63 bits per heavy atom. The van der Waals surface area contributed by atoms with Crippen molar-refractivity contribution in [1.82, 2.24) is 5.32 Å². The average Bonchev–Trinajstić information content (AvgIpc) is 3.19. The van der Waals surface area contributed by atoms with E-state index in [1.807, 2.05) is 0 Å². The van der Waals surface area contributed by atoms with Crippen LogP contribution in [-0.2, 0) is 9.59 Å². The van der Waals surface area contributed by atoms with E-state index in [0.29, 0.717) is 0 Å². The zero-order valence-corrected chi connectivity index (χ0v) is 10.6. The molecule has 1 aliphatic carbocycles. The Labute approximate surface area is 110 Å². The van der Waals surface area contributed by atoms with Crippen molar-refractivity contribution in [2.75, 3.05) is 11.4 Å². The average molecular weight is 262 g/mol. The third-order valence-corrected chi connectivity index (χ3v) is 3.93. The lowest BCUT2D eigenvalue weighted by molar-refractivity contribution is -0.136. The topological polar surface area (TPSA) is 49.4 Å². The summed E-state index contributed by atoms with van der Waals surface area (Å²) in [4.78, 5) is 25.7. The van der Waals surface area contributed by atoms with Crippen LogP contribution in [0.1, 0.15) is 19.8 Å². The number of nitrogens with zero attached hydrogens (tertiary/aromatic N) is 1. The summed E-state index contributed by atoms with van der Waals surface area (Å²) in [6.07, 6.45) is 1.85. The van der Waals surface area contributed by atoms with Gasteiger partial charge in [-0.3, -0.25) is 14.5 Å². The molecule has 2 aliphatic rings. The van der Waals surface area contributed by atoms with Gasteiger partial charge in [0.05, 0.1) is 5.69 Å². The van der Waals surface area contributed by atoms with Gasteiger partial charge in [-0.05, 0) is 37.8 Å². The van der Waals surface area contributed by atoms with E-state index < -0.39 is 11.4 Å². The molecule has 0 radical (unpaired) electrons. The first-order valence-electron chi connectivity index (χ1n) is 6.40. The predicted molar refractivity (Wildman–Crippen MR) is 68.0 cm³/mol. The first-order valence-corrected chi connectivity index (χ1v) is 6.40. The second-order valence-electron chi connectivity index (χ2n) is 5.37. The van der Waals surface area contributed by atoms with Gasteiger partial charge >= 0.3 is 0 Å². The molecule has 3 rings (SSSR count). The minimum atomic E-state index is -0.891. The van der Waals surface area contributed by atoms with Crippen LogP contribution in [0.5, 0.6) is 0 Å². The Morgan fingerprint density at radius 1 is 1.32 bits per heavy atom. The summed E-state index contributed by atoms with van der Waals surface area (Å²) < 4.78 is 13.8. The second kappa shape index (κ2) is 4.05. The van der Waals surface area contributed by atoms with Crippen LogP contribution in [0.4, 0.5) is 10.1 Å². The summed E-state index contributed by atoms with van der Waals surface area (Å²) in [5.74, 6) is -0.779. The molecule has 5 heteroatoms. The zero-order chi connectivity index (χ0) is 13.6. The number of hydrogen-bond acceptors (Lipinski definition) is 2. The minimum Gasteiger partial charge on any atom is -0.340 e. The normalized spacial score (nSPS) is 27.4. The van der Waals surface area contributed by atoms with Crippen molar-refractivity contribution in [3.8, 4) is 0 Å². The summed E-state index contributed by atoms with van der Waals surface area (Å²) in [5, 5.41) is 2.77. The highest BCUT2D eigenvalue weighted by Gasteiger charge is 2.53. The summed E-state index contributed by atoms with van der Waals surface area (Å²) in [5.41, 5.74) is -0.716. The highest BCUT2D eigenvalue weighted by atomic mass is 19.1. The number of benzene rings is 1. The van der Waals surface area contributed by atoms with E-state index >= 15 is 0 Å². The largest absolute Gasteiger partial charge is 0.340 e. The zero-order valence-electron chi connectivity index (χ0n) is 10.6. The smallest absolute Gasteiger partial charge is 0.253 e. The number of piperazine rings is 1. The molecule has 1 unspecified atom stereocenters. The lowest BCUT2D eigenvalue weighted by atomic mass is 9.91. The van der Waals surface area contributed by atoms with Gasteiger partial charge in [0.25, 0.3) is 5.91 Å². The van der Waals surface area contributed by atoms with Gasteiger partial charge in [-0.25, -0.2) is 4.39 Å². The first-order chi connectivity index (χ1) is 9.02. The molecular formula is C14H15FN2O2. The second-order valence-corrected chi connectivity index (χ2v) is 5.37. The molecule has 2 fully saturated rings. The molecule has 0 bridgehead atoms. The summed E-state index contributed by atoms with van der Waals surface area (Å²) in [6, 6.07) is 6.04. The lowest BCUT2D eigenvalue weighted by Crippen LogP contribution is -2.66. The van der Waals surface area contributed by atoms with E-state index in [0.717, 1.165) is 12.8 Å². The van der Waals surface area contributed by atoms with Crippen molar-refractivity contribution in [2.24, 2.45) is 5.92 Å². The van der Waals surface area contributed by atoms with Crippen LogP contribution in [0.3, 0.4) is 0 Å². The van der Waals surface area contributed by atoms with Crippen LogP contribution >= 0.6 is 0 Å². The maximum Gasteiger partial charge on any atom is 0.253 e. The van der Waals surface area contributed by atoms with Crippen molar-refractivity contribution in [2.45, 2.75) is 25.3 Å². The standard InChI is InChI=1S/C14H15FN2O2/c1-14(9-6-7-9)13(19)17(8-12(18)16-14)11-5-3-2-4-10(11)15/h2-5,9H,6-8H2,1H3,(H,16,18). The van der Waals surface area contributed by atoms with Crippen molar-refractivity contribution >= 4 is 17.5 Å². The monoisotopic (exact) mass is 262 g/mol. The molecule has 2 amide bonds. The molecule has 1 atom stereocenters. The van der Waals surface area contributed by atoms with Gasteiger partial charge in [0, 0.05) is 0 Å². The van der Waals surface area contributed by atoms with Crippen molar-refractivity contribution < 1.29 is 14.0 Å². The van der Waals surface area contributed by atoms with Crippen LogP contribution in [0, 0.1) is 11.7 Å². The number of halogens is 1. The first kappa shape index (κ1) is 12.1. The Morgan fingerprint density at radius 2 is 2.00 bits per heavy atom. The summed E-state index contributed by atoms with van der Waals surface area (Å²) in [6.45, 7) is 1.61. The van der Waals surface area contributed by atoms with E-state index in [4.69, 9.17) is 0 Å². The van der Waals surface area contributed by atoms with Gasteiger partial charge < -0.3 is 5.32 Å². The molecule has 1 heterocycles. The number of carbonyl (C=O) groups is 2. The Bertz CT molecular complexity index is 556. The van der Waals surface area contributed by atoms with Crippen LogP contribution in [0.25, 0.3) is 0 Å². The molecular weight excluding hydrogens is 247 g/mol. The Kier molecular flexibility index (Phi) is 2.59. The molecule has 0 aromatic heterocycles. The number of anilines is 1. The van der Waals surface area contributed by atoms with Gasteiger partial charge in [-0.15, -0.1) is 0 Å². The lowest BCUT2D eigenvalue weighted by Gasteiger charge is -2.40. The van der Waals surface area contributed by atoms with Crippen LogP contribution in [-0.4, -0.2) is 23.9 Å². The maximum atomic E-state index is 13.8. The fourth-order valence-electron chi connectivity index (χ4n) is 2.68. The molecule has 1 aromatic carbocycles. The number of amides is 2. The van der Waals surface area contributed by atoms with Crippen LogP contribution in [0.15, 0.2) is 24.3 Å². The van der Waals surface area contributed by atoms with Crippen molar-refractivity contribution in [3.63, 3.8) is 0 Å². The van der Waals surface area contributed by atoms with Crippen molar-refractivity contribution in [3.05, 3.63) is 30.1 Å². The molecule has 4 nitrogen and oxygen atoms in total. The Hall–Kier alpha value is -1.91. The van der Waals surface area contributed by atoms with Crippen LogP contribution < -0.4 is 10.2 Å². The molecule has 19 heavy (non-hydrogen) atoms. The quantitative estimate of drug-likeness (QED) is 0.877. The molecule has 1 N–H and O–H groups in total. The van der Waals surface area contributed by atoms with Gasteiger partial charge in [0.2, 0.25) is 5.91 Å². The van der Waals surface area contributed by atoms with Gasteiger partial charge in [0.1, 0.15) is 17.9 Å². The molecule has 1 aliphatic heterocycles. The summed E-state index contributed by atoms with van der Waals surface area (Å²) >= 11 is 0. The number of hydrogen-bond donors (Lipinski definition) is 1. The van der Waals surface area contributed by atoms with E-state index in [-0.39, 0.29) is 30.0 Å². The van der Waals surface area contributed by atoms with Gasteiger partial charge in [0.15, 0.2) is 0 Å². The maximum absolute atomic E-state index is 13.8. The number of carbonyl (C=O) groups excluding carboxylic acids is 2. The molecule has 0 spiro atoms. The predicted octanol–water partition coefficient (Wildman–Crippen LogP) is 1.46. The van der Waals surface area contributed by atoms with Gasteiger partial charge in [-0.2, -0.15) is 0 Å². The van der Waals surface area contributed by atoms with Crippen molar-refractivity contribution in [1.29, 1.82) is 0 Å². The highest BCUT2D eigenvalue weighted by molar-refractivity contribution is 6.09. The van der Waals surface area contributed by atoms with E-state index in [2.05, 4.69) is 5.32 Å². The number of rotatable bonds is 2. The molecule has 100 valence electrons. The van der Waals surface area contributed by atoms with Gasteiger partial charge in [-0.1, -0.05) is 12.1 Å². The number of para-hydroxylation sites is 1. The SMILES string of the molecule is CC1(C2CC2)NC(=O)CN(c2ccccc2F)C1=O. The fraction of sp³-hybridized carbons (Fsp3) is 0.429. The summed E-state index contributed by atoms with van der Waals surface area (Å²) in [7, 11) is 0. The molecule has 1 saturated carbocycles.